The molecule has 1 aromatic heterocycles. The second-order valence-corrected chi connectivity index (χ2v) is 7.92. The Labute approximate surface area is 176 Å². The Morgan fingerprint density at radius 1 is 1.24 bits per heavy atom. The first-order valence-electron chi connectivity index (χ1n) is 9.19. The average molecular weight is 455 g/mol. The van der Waals surface area contributed by atoms with Crippen LogP contribution in [-0.4, -0.2) is 28.5 Å². The topological polar surface area (TPSA) is 88.3 Å². The smallest absolute Gasteiger partial charge is 0.229 e. The molecule has 0 saturated carbocycles. The number of halogens is 1. The van der Waals surface area contributed by atoms with E-state index in [1.807, 2.05) is 49.4 Å². The normalized spacial score (nSPS) is 16.3. The molecule has 0 spiro atoms. The van der Waals surface area contributed by atoms with Gasteiger partial charge in [0.2, 0.25) is 23.5 Å². The third kappa shape index (κ3) is 4.07. The first-order valence-corrected chi connectivity index (χ1v) is 9.98. The van der Waals surface area contributed by atoms with Crippen LogP contribution < -0.4 is 10.2 Å². The van der Waals surface area contributed by atoms with E-state index in [0.29, 0.717) is 29.6 Å². The molecule has 1 aliphatic rings. The van der Waals surface area contributed by atoms with Gasteiger partial charge in [-0.25, -0.2) is 0 Å². The van der Waals surface area contributed by atoms with Crippen LogP contribution in [0.1, 0.15) is 17.9 Å². The van der Waals surface area contributed by atoms with Crippen LogP contribution in [0.4, 0.5) is 11.4 Å². The maximum Gasteiger partial charge on any atom is 0.229 e. The highest BCUT2D eigenvalue weighted by Crippen LogP contribution is 2.30. The van der Waals surface area contributed by atoms with Crippen molar-refractivity contribution in [3.8, 4) is 11.4 Å². The molecule has 8 heteroatoms. The molecule has 2 amide bonds. The van der Waals surface area contributed by atoms with E-state index in [4.69, 9.17) is 4.52 Å². The summed E-state index contributed by atoms with van der Waals surface area (Å²) < 4.78 is 5.84. The molecule has 3 aromatic rings. The Bertz CT molecular complexity index is 1100. The lowest BCUT2D eigenvalue weighted by molar-refractivity contribution is -0.122. The summed E-state index contributed by atoms with van der Waals surface area (Å²) in [6.07, 6.45) is 0.168. The Morgan fingerprint density at radius 2 is 2.07 bits per heavy atom. The molecule has 0 bridgehead atoms. The van der Waals surface area contributed by atoms with Crippen LogP contribution in [0.2, 0.25) is 0 Å². The van der Waals surface area contributed by atoms with Crippen molar-refractivity contribution in [1.29, 1.82) is 0 Å². The van der Waals surface area contributed by atoms with E-state index in [9.17, 15) is 9.59 Å². The second-order valence-electron chi connectivity index (χ2n) is 7.07. The molecule has 0 unspecified atom stereocenters. The third-order valence-electron chi connectivity index (χ3n) is 4.82. The number of carbonyl (C=O) groups is 2. The van der Waals surface area contributed by atoms with E-state index in [1.165, 1.54) is 0 Å². The predicted molar refractivity (Wildman–Crippen MR) is 112 cm³/mol. The second kappa shape index (κ2) is 7.79. The van der Waals surface area contributed by atoms with Gasteiger partial charge in [-0.2, -0.15) is 4.98 Å². The predicted octanol–water partition coefficient (Wildman–Crippen LogP) is 4.11. The van der Waals surface area contributed by atoms with Crippen molar-refractivity contribution in [1.82, 2.24) is 10.1 Å². The molecule has 1 saturated heterocycles. The van der Waals surface area contributed by atoms with Gasteiger partial charge in [0.1, 0.15) is 0 Å². The summed E-state index contributed by atoms with van der Waals surface area (Å²) >= 11 is 3.46. The van der Waals surface area contributed by atoms with E-state index < -0.39 is 5.92 Å². The van der Waals surface area contributed by atoms with E-state index in [0.717, 1.165) is 15.6 Å². The van der Waals surface area contributed by atoms with Crippen molar-refractivity contribution in [2.75, 3.05) is 16.8 Å². The summed E-state index contributed by atoms with van der Waals surface area (Å²) in [5.74, 6) is 0.257. The van der Waals surface area contributed by atoms with Crippen LogP contribution in [0.5, 0.6) is 0 Å². The summed E-state index contributed by atoms with van der Waals surface area (Å²) in [7, 11) is 0. The monoisotopic (exact) mass is 454 g/mol. The Hall–Kier alpha value is -3.00. The van der Waals surface area contributed by atoms with Gasteiger partial charge in [0.15, 0.2) is 0 Å². The van der Waals surface area contributed by atoms with Gasteiger partial charge in [-0.1, -0.05) is 23.4 Å². The van der Waals surface area contributed by atoms with Crippen molar-refractivity contribution < 1.29 is 14.1 Å². The van der Waals surface area contributed by atoms with Crippen molar-refractivity contribution >= 4 is 39.1 Å². The van der Waals surface area contributed by atoms with Crippen LogP contribution in [0.25, 0.3) is 11.4 Å². The SMILES string of the molecule is Cc1ccc(NC(=O)[C@@H]2CC(=O)N(c3cccc(-c4noc(C)n4)c3)C2)c(Br)c1. The van der Waals surface area contributed by atoms with Crippen LogP contribution in [-0.2, 0) is 9.59 Å². The molecule has 0 radical (unpaired) electrons. The summed E-state index contributed by atoms with van der Waals surface area (Å²) in [5.41, 5.74) is 3.25. The summed E-state index contributed by atoms with van der Waals surface area (Å²) in [6, 6.07) is 13.1. The third-order valence-corrected chi connectivity index (χ3v) is 5.48. The number of aromatic nitrogens is 2. The number of nitrogens with one attached hydrogen (secondary N) is 1. The van der Waals surface area contributed by atoms with Crippen LogP contribution in [0, 0.1) is 19.8 Å². The molecule has 4 rings (SSSR count). The minimum Gasteiger partial charge on any atom is -0.339 e. The van der Waals surface area contributed by atoms with Crippen molar-refractivity contribution in [2.45, 2.75) is 20.3 Å². The molecule has 148 valence electrons. The van der Waals surface area contributed by atoms with Gasteiger partial charge in [-0.15, -0.1) is 0 Å². The standard InChI is InChI=1S/C21H19BrN4O3/c1-12-6-7-18(17(22)8-12)24-21(28)15-10-19(27)26(11-15)16-5-3-4-14(9-16)20-23-13(2)29-25-20/h3-9,15H,10-11H2,1-2H3,(H,24,28)/t15-/m1/s1. The van der Waals surface area contributed by atoms with Gasteiger partial charge in [-0.05, 0) is 52.7 Å². The lowest BCUT2D eigenvalue weighted by atomic mass is 10.1. The summed E-state index contributed by atoms with van der Waals surface area (Å²) in [5, 5.41) is 6.83. The Kier molecular flexibility index (Phi) is 5.19. The maximum atomic E-state index is 12.7. The quantitative estimate of drug-likeness (QED) is 0.640. The fourth-order valence-electron chi connectivity index (χ4n) is 3.32. The molecule has 1 N–H and O–H groups in total. The highest BCUT2D eigenvalue weighted by molar-refractivity contribution is 9.10. The Balaban J connectivity index is 1.50. The summed E-state index contributed by atoms with van der Waals surface area (Å²) in [4.78, 5) is 31.2. The van der Waals surface area contributed by atoms with Crippen molar-refractivity contribution in [2.24, 2.45) is 5.92 Å². The van der Waals surface area contributed by atoms with Crippen LogP contribution in [0.15, 0.2) is 51.5 Å². The largest absolute Gasteiger partial charge is 0.339 e. The maximum absolute atomic E-state index is 12.7. The number of amides is 2. The first kappa shape index (κ1) is 19.3. The minimum absolute atomic E-state index is 0.0884. The number of anilines is 2. The number of rotatable bonds is 4. The van der Waals surface area contributed by atoms with E-state index >= 15 is 0 Å². The molecule has 7 nitrogen and oxygen atoms in total. The fraction of sp³-hybridized carbons (Fsp3) is 0.238. The molecular weight excluding hydrogens is 436 g/mol. The number of aryl methyl sites for hydroxylation is 2. The molecule has 0 aliphatic carbocycles. The van der Waals surface area contributed by atoms with Gasteiger partial charge in [0, 0.05) is 35.6 Å². The van der Waals surface area contributed by atoms with Crippen molar-refractivity contribution in [3.63, 3.8) is 0 Å². The number of hydrogen-bond acceptors (Lipinski definition) is 5. The minimum atomic E-state index is -0.424. The molecule has 1 fully saturated rings. The summed E-state index contributed by atoms with van der Waals surface area (Å²) in [6.45, 7) is 4.02. The molecule has 1 atom stereocenters. The molecular formula is C21H19BrN4O3. The lowest BCUT2D eigenvalue weighted by Crippen LogP contribution is -2.28. The molecule has 1 aliphatic heterocycles. The van der Waals surface area contributed by atoms with Crippen LogP contribution in [0.3, 0.4) is 0 Å². The zero-order valence-electron chi connectivity index (χ0n) is 16.0. The molecule has 2 heterocycles. The van der Waals surface area contributed by atoms with Crippen LogP contribution >= 0.6 is 15.9 Å². The van der Waals surface area contributed by atoms with Gasteiger partial charge >= 0.3 is 0 Å². The Morgan fingerprint density at radius 3 is 2.79 bits per heavy atom. The average Bonchev–Trinajstić information content (AvgIpc) is 3.30. The highest BCUT2D eigenvalue weighted by Gasteiger charge is 2.35. The first-order chi connectivity index (χ1) is 13.9. The number of nitrogens with zero attached hydrogens (tertiary/aromatic N) is 3. The van der Waals surface area contributed by atoms with Gasteiger partial charge in [-0.3, -0.25) is 9.59 Å². The van der Waals surface area contributed by atoms with E-state index in [2.05, 4.69) is 31.4 Å². The zero-order chi connectivity index (χ0) is 20.5. The number of carbonyl (C=O) groups excluding carboxylic acids is 2. The molecule has 29 heavy (non-hydrogen) atoms. The zero-order valence-corrected chi connectivity index (χ0v) is 17.6. The van der Waals surface area contributed by atoms with Gasteiger partial charge in [0.05, 0.1) is 11.6 Å². The fourth-order valence-corrected chi connectivity index (χ4v) is 3.91. The lowest BCUT2D eigenvalue weighted by Gasteiger charge is -2.17. The number of hydrogen-bond donors (Lipinski definition) is 1. The van der Waals surface area contributed by atoms with E-state index in [1.54, 1.807) is 11.8 Å². The molecule has 2 aromatic carbocycles. The highest BCUT2D eigenvalue weighted by atomic mass is 79.9. The van der Waals surface area contributed by atoms with Crippen molar-refractivity contribution in [3.05, 3.63) is 58.4 Å². The van der Waals surface area contributed by atoms with E-state index in [-0.39, 0.29) is 18.2 Å². The van der Waals surface area contributed by atoms with Gasteiger partial charge < -0.3 is 14.7 Å². The number of benzene rings is 2. The van der Waals surface area contributed by atoms with Gasteiger partial charge in [0.25, 0.3) is 0 Å².